The molecule has 4 heteroatoms. The molecule has 21 heavy (non-hydrogen) atoms. The molecule has 0 bridgehead atoms. The summed E-state index contributed by atoms with van der Waals surface area (Å²) in [5, 5.41) is 5.73. The highest BCUT2D eigenvalue weighted by atomic mass is 19.1. The Kier molecular flexibility index (Phi) is 4.21. The van der Waals surface area contributed by atoms with E-state index in [1.807, 2.05) is 29.8 Å². The zero-order valence-electron chi connectivity index (χ0n) is 12.2. The lowest BCUT2D eigenvalue weighted by Crippen LogP contribution is -2.19. The normalized spacial score (nSPS) is 18.5. The lowest BCUT2D eigenvalue weighted by molar-refractivity contribution is -0.0368. The third-order valence-corrected chi connectivity index (χ3v) is 3.77. The highest BCUT2D eigenvalue weighted by Crippen LogP contribution is 2.28. The summed E-state index contributed by atoms with van der Waals surface area (Å²) in [6.07, 6.45) is 3.64. The Hall–Kier alpha value is -1.86. The first-order valence-electron chi connectivity index (χ1n) is 7.45. The molecule has 0 saturated carbocycles. The average molecular weight is 286 g/mol. The molecular formula is C17H19FN2O. The Labute approximate surface area is 124 Å². The average Bonchev–Trinajstić information content (AvgIpc) is 2.85. The largest absolute Gasteiger partial charge is 0.356 e. The Morgan fingerprint density at radius 3 is 3.10 bits per heavy atom. The number of aromatic nitrogens is 2. The minimum absolute atomic E-state index is 0.0402. The standard InChI is InChI=1S/C17H19FN2O/c1-13-15-12-14(6-2-4-10-18)8-9-16(15)20(19-13)17-7-3-5-11-21-17/h8-9,12,17H,3-5,7,10-11H2,1H3. The lowest BCUT2D eigenvalue weighted by atomic mass is 10.1. The number of aryl methyl sites for hydroxylation is 1. The van der Waals surface area contributed by atoms with E-state index in [9.17, 15) is 4.39 Å². The molecule has 0 amide bonds. The minimum atomic E-state index is -0.398. The number of halogens is 1. The first-order valence-corrected chi connectivity index (χ1v) is 7.45. The van der Waals surface area contributed by atoms with Crippen LogP contribution in [0.2, 0.25) is 0 Å². The van der Waals surface area contributed by atoms with Crippen molar-refractivity contribution >= 4 is 10.9 Å². The molecule has 0 spiro atoms. The zero-order valence-corrected chi connectivity index (χ0v) is 12.2. The van der Waals surface area contributed by atoms with Crippen molar-refractivity contribution in [3.8, 4) is 11.8 Å². The maximum absolute atomic E-state index is 12.1. The van der Waals surface area contributed by atoms with Crippen molar-refractivity contribution in [2.24, 2.45) is 0 Å². The van der Waals surface area contributed by atoms with Gasteiger partial charge in [0.25, 0.3) is 0 Å². The summed E-state index contributed by atoms with van der Waals surface area (Å²) >= 11 is 0. The second-order valence-corrected chi connectivity index (χ2v) is 5.32. The summed E-state index contributed by atoms with van der Waals surface area (Å²) in [5.74, 6) is 5.82. The van der Waals surface area contributed by atoms with E-state index in [1.165, 1.54) is 6.42 Å². The van der Waals surface area contributed by atoms with E-state index in [4.69, 9.17) is 4.74 Å². The summed E-state index contributed by atoms with van der Waals surface area (Å²) < 4.78 is 19.9. The molecule has 1 unspecified atom stereocenters. The van der Waals surface area contributed by atoms with Gasteiger partial charge in [-0.05, 0) is 44.4 Å². The van der Waals surface area contributed by atoms with Gasteiger partial charge in [0.2, 0.25) is 0 Å². The molecule has 2 aromatic rings. The summed E-state index contributed by atoms with van der Waals surface area (Å²) in [4.78, 5) is 0. The van der Waals surface area contributed by atoms with E-state index in [0.29, 0.717) is 0 Å². The molecule has 1 aromatic heterocycles. The van der Waals surface area contributed by atoms with Gasteiger partial charge in [0.05, 0.1) is 11.2 Å². The number of hydrogen-bond acceptors (Lipinski definition) is 2. The van der Waals surface area contributed by atoms with E-state index in [2.05, 4.69) is 16.9 Å². The molecule has 3 nitrogen and oxygen atoms in total. The van der Waals surface area contributed by atoms with Crippen molar-refractivity contribution in [3.05, 3.63) is 29.5 Å². The molecule has 3 rings (SSSR count). The summed E-state index contributed by atoms with van der Waals surface area (Å²) in [6.45, 7) is 2.41. The van der Waals surface area contributed by atoms with Gasteiger partial charge in [-0.15, -0.1) is 0 Å². The van der Waals surface area contributed by atoms with Gasteiger partial charge in [0, 0.05) is 24.0 Å². The quantitative estimate of drug-likeness (QED) is 0.786. The van der Waals surface area contributed by atoms with Crippen molar-refractivity contribution in [2.75, 3.05) is 13.3 Å². The van der Waals surface area contributed by atoms with Crippen LogP contribution >= 0.6 is 0 Å². The number of alkyl halides is 1. The number of fused-ring (bicyclic) bond motifs is 1. The van der Waals surface area contributed by atoms with Crippen LogP contribution in [0.3, 0.4) is 0 Å². The van der Waals surface area contributed by atoms with Gasteiger partial charge in [0.1, 0.15) is 6.67 Å². The summed E-state index contributed by atoms with van der Waals surface area (Å²) in [5.41, 5.74) is 2.96. The van der Waals surface area contributed by atoms with Crippen molar-refractivity contribution in [3.63, 3.8) is 0 Å². The van der Waals surface area contributed by atoms with E-state index < -0.39 is 6.67 Å². The van der Waals surface area contributed by atoms with Crippen LogP contribution in [0, 0.1) is 18.8 Å². The Morgan fingerprint density at radius 2 is 2.33 bits per heavy atom. The maximum Gasteiger partial charge on any atom is 0.150 e. The Bertz CT molecular complexity index is 690. The minimum Gasteiger partial charge on any atom is -0.356 e. The predicted octanol–water partition coefficient (Wildman–Crippen LogP) is 3.75. The van der Waals surface area contributed by atoms with Crippen LogP contribution in [0.25, 0.3) is 10.9 Å². The molecule has 1 aliphatic heterocycles. The van der Waals surface area contributed by atoms with Gasteiger partial charge >= 0.3 is 0 Å². The van der Waals surface area contributed by atoms with Gasteiger partial charge in [-0.2, -0.15) is 5.10 Å². The fourth-order valence-corrected chi connectivity index (χ4v) is 2.72. The molecule has 1 atom stereocenters. The van der Waals surface area contributed by atoms with Gasteiger partial charge in [-0.3, -0.25) is 4.39 Å². The SMILES string of the molecule is Cc1nn(C2CCCCO2)c2ccc(C#CCCF)cc12. The Morgan fingerprint density at radius 1 is 1.43 bits per heavy atom. The van der Waals surface area contributed by atoms with Gasteiger partial charge in [-0.1, -0.05) is 11.8 Å². The first-order chi connectivity index (χ1) is 10.3. The highest BCUT2D eigenvalue weighted by Gasteiger charge is 2.19. The van der Waals surface area contributed by atoms with E-state index in [0.717, 1.165) is 41.6 Å². The van der Waals surface area contributed by atoms with Crippen LogP contribution in [-0.4, -0.2) is 23.1 Å². The third-order valence-electron chi connectivity index (χ3n) is 3.77. The molecule has 2 heterocycles. The third kappa shape index (κ3) is 2.93. The number of benzene rings is 1. The summed E-state index contributed by atoms with van der Waals surface area (Å²) in [7, 11) is 0. The highest BCUT2D eigenvalue weighted by molar-refractivity contribution is 5.83. The topological polar surface area (TPSA) is 27.1 Å². The number of nitrogens with zero attached hydrogens (tertiary/aromatic N) is 2. The molecule has 0 aliphatic carbocycles. The van der Waals surface area contributed by atoms with E-state index in [1.54, 1.807) is 0 Å². The van der Waals surface area contributed by atoms with Crippen molar-refractivity contribution in [1.29, 1.82) is 0 Å². The molecule has 1 aliphatic rings. The van der Waals surface area contributed by atoms with Crippen molar-refractivity contribution < 1.29 is 9.13 Å². The van der Waals surface area contributed by atoms with E-state index >= 15 is 0 Å². The van der Waals surface area contributed by atoms with Crippen molar-refractivity contribution in [2.45, 2.75) is 38.8 Å². The van der Waals surface area contributed by atoms with Crippen LogP contribution in [0.1, 0.15) is 43.2 Å². The maximum atomic E-state index is 12.1. The number of ether oxygens (including phenoxy) is 1. The zero-order chi connectivity index (χ0) is 14.7. The molecule has 1 saturated heterocycles. The fraction of sp³-hybridized carbons (Fsp3) is 0.471. The van der Waals surface area contributed by atoms with Gasteiger partial charge in [0.15, 0.2) is 6.23 Å². The second kappa shape index (κ2) is 6.28. The lowest BCUT2D eigenvalue weighted by Gasteiger charge is -2.23. The number of rotatable bonds is 2. The number of hydrogen-bond donors (Lipinski definition) is 0. The second-order valence-electron chi connectivity index (χ2n) is 5.32. The predicted molar refractivity (Wildman–Crippen MR) is 80.8 cm³/mol. The van der Waals surface area contributed by atoms with Crippen LogP contribution < -0.4 is 0 Å². The monoisotopic (exact) mass is 286 g/mol. The van der Waals surface area contributed by atoms with Gasteiger partial charge in [-0.25, -0.2) is 4.68 Å². The van der Waals surface area contributed by atoms with Gasteiger partial charge < -0.3 is 4.74 Å². The molecule has 110 valence electrons. The van der Waals surface area contributed by atoms with Crippen molar-refractivity contribution in [1.82, 2.24) is 9.78 Å². The van der Waals surface area contributed by atoms with E-state index in [-0.39, 0.29) is 12.6 Å². The molecule has 1 aromatic carbocycles. The molecule has 1 fully saturated rings. The Balaban J connectivity index is 1.96. The molecule has 0 N–H and O–H groups in total. The van der Waals surface area contributed by atoms with Crippen LogP contribution in [-0.2, 0) is 4.74 Å². The molecule has 0 radical (unpaired) electrons. The summed E-state index contributed by atoms with van der Waals surface area (Å²) in [6, 6.07) is 6.03. The molecular weight excluding hydrogens is 267 g/mol. The van der Waals surface area contributed by atoms with Crippen LogP contribution in [0.4, 0.5) is 4.39 Å². The van der Waals surface area contributed by atoms with Crippen LogP contribution in [0.5, 0.6) is 0 Å². The van der Waals surface area contributed by atoms with Crippen LogP contribution in [0.15, 0.2) is 18.2 Å². The first kappa shape index (κ1) is 14.1. The smallest absolute Gasteiger partial charge is 0.150 e. The fourth-order valence-electron chi connectivity index (χ4n) is 2.72.